The Bertz CT molecular complexity index is 656. The molecule has 3 rings (SSSR count). The molecule has 0 aromatic carbocycles. The number of thiazole rings is 1. The predicted molar refractivity (Wildman–Crippen MR) is 97.3 cm³/mol. The van der Waals surface area contributed by atoms with Crippen LogP contribution in [0.3, 0.4) is 0 Å². The number of amides is 1. The molecule has 128 valence electrons. The van der Waals surface area contributed by atoms with Crippen LogP contribution in [0.1, 0.15) is 52.7 Å². The van der Waals surface area contributed by atoms with Crippen LogP contribution < -0.4 is 0 Å². The van der Waals surface area contributed by atoms with E-state index in [1.807, 2.05) is 28.5 Å². The fourth-order valence-corrected chi connectivity index (χ4v) is 4.29. The van der Waals surface area contributed by atoms with E-state index in [-0.39, 0.29) is 0 Å². The Morgan fingerprint density at radius 2 is 2.12 bits per heavy atom. The van der Waals surface area contributed by atoms with Gasteiger partial charge >= 0.3 is 0 Å². The van der Waals surface area contributed by atoms with E-state index in [0.717, 1.165) is 44.5 Å². The SMILES string of the molecule is Cc1nc(C2CCN(C(=O)CCCc3cccnc3)CC2)sc1C. The topological polar surface area (TPSA) is 46.1 Å². The fourth-order valence-electron chi connectivity index (χ4n) is 3.20. The molecule has 1 aliphatic rings. The second-order valence-electron chi connectivity index (χ2n) is 6.56. The zero-order valence-corrected chi connectivity index (χ0v) is 15.3. The summed E-state index contributed by atoms with van der Waals surface area (Å²) < 4.78 is 0. The molecular formula is C19H25N3OS. The highest BCUT2D eigenvalue weighted by molar-refractivity contribution is 7.11. The molecule has 24 heavy (non-hydrogen) atoms. The molecule has 4 nitrogen and oxygen atoms in total. The van der Waals surface area contributed by atoms with Crippen molar-refractivity contribution in [2.24, 2.45) is 0 Å². The third-order valence-electron chi connectivity index (χ3n) is 4.82. The maximum atomic E-state index is 12.4. The number of likely N-dealkylation sites (tertiary alicyclic amines) is 1. The number of hydrogen-bond acceptors (Lipinski definition) is 4. The molecule has 5 heteroatoms. The highest BCUT2D eigenvalue weighted by Crippen LogP contribution is 2.32. The van der Waals surface area contributed by atoms with Gasteiger partial charge in [-0.05, 0) is 51.2 Å². The van der Waals surface area contributed by atoms with Crippen molar-refractivity contribution < 1.29 is 4.79 Å². The smallest absolute Gasteiger partial charge is 0.222 e. The molecule has 1 aliphatic heterocycles. The lowest BCUT2D eigenvalue weighted by Gasteiger charge is -2.31. The summed E-state index contributed by atoms with van der Waals surface area (Å²) in [5, 5.41) is 1.26. The van der Waals surface area contributed by atoms with E-state index < -0.39 is 0 Å². The number of aromatic nitrogens is 2. The third-order valence-corrected chi connectivity index (χ3v) is 6.06. The summed E-state index contributed by atoms with van der Waals surface area (Å²) in [5.74, 6) is 0.825. The zero-order chi connectivity index (χ0) is 16.9. The number of piperidine rings is 1. The molecule has 2 aromatic rings. The number of carbonyl (C=O) groups is 1. The van der Waals surface area contributed by atoms with Gasteiger partial charge in [0.1, 0.15) is 0 Å². The van der Waals surface area contributed by atoms with Crippen LogP contribution in [-0.4, -0.2) is 33.9 Å². The van der Waals surface area contributed by atoms with E-state index in [2.05, 4.69) is 24.9 Å². The largest absolute Gasteiger partial charge is 0.343 e. The molecule has 0 saturated carbocycles. The molecule has 3 heterocycles. The molecule has 0 unspecified atom stereocenters. The Balaban J connectivity index is 1.43. The molecule has 0 atom stereocenters. The van der Waals surface area contributed by atoms with Crippen molar-refractivity contribution in [2.75, 3.05) is 13.1 Å². The lowest BCUT2D eigenvalue weighted by atomic mass is 9.97. The molecule has 0 radical (unpaired) electrons. The first-order valence-corrected chi connectivity index (χ1v) is 9.55. The number of hydrogen-bond donors (Lipinski definition) is 0. The molecule has 1 fully saturated rings. The van der Waals surface area contributed by atoms with Gasteiger partial charge in [-0.1, -0.05) is 6.07 Å². The van der Waals surface area contributed by atoms with Crippen LogP contribution >= 0.6 is 11.3 Å². The van der Waals surface area contributed by atoms with Crippen LogP contribution in [0.4, 0.5) is 0 Å². The molecule has 2 aromatic heterocycles. The van der Waals surface area contributed by atoms with Crippen molar-refractivity contribution in [1.82, 2.24) is 14.9 Å². The van der Waals surface area contributed by atoms with E-state index >= 15 is 0 Å². The van der Waals surface area contributed by atoms with Crippen molar-refractivity contribution in [3.8, 4) is 0 Å². The molecule has 1 amide bonds. The van der Waals surface area contributed by atoms with Gasteiger partial charge in [0.2, 0.25) is 5.91 Å². The van der Waals surface area contributed by atoms with E-state index in [1.54, 1.807) is 6.20 Å². The highest BCUT2D eigenvalue weighted by Gasteiger charge is 2.25. The first-order chi connectivity index (χ1) is 11.6. The number of aryl methyl sites for hydroxylation is 3. The lowest BCUT2D eigenvalue weighted by molar-refractivity contribution is -0.132. The van der Waals surface area contributed by atoms with Crippen molar-refractivity contribution in [3.05, 3.63) is 45.7 Å². The summed E-state index contributed by atoms with van der Waals surface area (Å²) in [6.45, 7) is 5.95. The normalized spacial score (nSPS) is 15.7. The van der Waals surface area contributed by atoms with Crippen LogP contribution in [0.25, 0.3) is 0 Å². The monoisotopic (exact) mass is 343 g/mol. The first-order valence-electron chi connectivity index (χ1n) is 8.74. The number of carbonyl (C=O) groups excluding carboxylic acids is 1. The van der Waals surface area contributed by atoms with Crippen LogP contribution in [0.2, 0.25) is 0 Å². The van der Waals surface area contributed by atoms with Crippen molar-refractivity contribution in [2.45, 2.75) is 51.9 Å². The number of pyridine rings is 1. The summed E-state index contributed by atoms with van der Waals surface area (Å²) in [7, 11) is 0. The first kappa shape index (κ1) is 17.1. The zero-order valence-electron chi connectivity index (χ0n) is 14.5. The van der Waals surface area contributed by atoms with Gasteiger partial charge < -0.3 is 4.90 Å². The van der Waals surface area contributed by atoms with Crippen molar-refractivity contribution in [1.29, 1.82) is 0 Å². The van der Waals surface area contributed by atoms with Gasteiger partial charge in [0.05, 0.1) is 10.7 Å². The van der Waals surface area contributed by atoms with Crippen LogP contribution in [0.15, 0.2) is 24.5 Å². The van der Waals surface area contributed by atoms with E-state index in [0.29, 0.717) is 18.2 Å². The standard InChI is InChI=1S/C19H25N3OS/c1-14-15(2)24-19(21-14)17-8-11-22(12-9-17)18(23)7-3-5-16-6-4-10-20-13-16/h4,6,10,13,17H,3,5,7-9,11-12H2,1-2H3. The summed E-state index contributed by atoms with van der Waals surface area (Å²) in [6, 6.07) is 4.02. The van der Waals surface area contributed by atoms with Crippen molar-refractivity contribution in [3.63, 3.8) is 0 Å². The van der Waals surface area contributed by atoms with Gasteiger partial charge in [-0.2, -0.15) is 0 Å². The Hall–Kier alpha value is -1.75. The maximum absolute atomic E-state index is 12.4. The van der Waals surface area contributed by atoms with Crippen LogP contribution in [0.5, 0.6) is 0 Å². The molecule has 0 N–H and O–H groups in total. The minimum atomic E-state index is 0.295. The van der Waals surface area contributed by atoms with Gasteiger partial charge in [0.25, 0.3) is 0 Å². The number of nitrogens with zero attached hydrogens (tertiary/aromatic N) is 3. The van der Waals surface area contributed by atoms with E-state index in [9.17, 15) is 4.79 Å². The second kappa shape index (κ2) is 7.88. The van der Waals surface area contributed by atoms with E-state index in [1.165, 1.54) is 15.4 Å². The van der Waals surface area contributed by atoms with Crippen LogP contribution in [-0.2, 0) is 11.2 Å². The molecular weight excluding hydrogens is 318 g/mol. The van der Waals surface area contributed by atoms with Gasteiger partial charge in [0, 0.05) is 42.7 Å². The Kier molecular flexibility index (Phi) is 5.61. The summed E-state index contributed by atoms with van der Waals surface area (Å²) >= 11 is 1.82. The molecule has 1 saturated heterocycles. The number of rotatable bonds is 5. The average molecular weight is 343 g/mol. The minimum absolute atomic E-state index is 0.295. The summed E-state index contributed by atoms with van der Waals surface area (Å²) in [5.41, 5.74) is 2.36. The lowest BCUT2D eigenvalue weighted by Crippen LogP contribution is -2.37. The maximum Gasteiger partial charge on any atom is 0.222 e. The predicted octanol–water partition coefficient (Wildman–Crippen LogP) is 3.88. The summed E-state index contributed by atoms with van der Waals surface area (Å²) in [6.07, 6.45) is 8.21. The Morgan fingerprint density at radius 3 is 2.75 bits per heavy atom. The van der Waals surface area contributed by atoms with Gasteiger partial charge in [-0.25, -0.2) is 4.98 Å². The third kappa shape index (κ3) is 4.20. The van der Waals surface area contributed by atoms with Gasteiger partial charge in [0.15, 0.2) is 0 Å². The van der Waals surface area contributed by atoms with Crippen molar-refractivity contribution >= 4 is 17.2 Å². The van der Waals surface area contributed by atoms with Gasteiger partial charge in [-0.15, -0.1) is 11.3 Å². The van der Waals surface area contributed by atoms with Crippen LogP contribution in [0, 0.1) is 13.8 Å². The van der Waals surface area contributed by atoms with E-state index in [4.69, 9.17) is 4.98 Å². The summed E-state index contributed by atoms with van der Waals surface area (Å²) in [4.78, 5) is 24.6. The Morgan fingerprint density at radius 1 is 1.33 bits per heavy atom. The quantitative estimate of drug-likeness (QED) is 0.827. The molecule has 0 aliphatic carbocycles. The highest BCUT2D eigenvalue weighted by atomic mass is 32.1. The minimum Gasteiger partial charge on any atom is -0.343 e. The molecule has 0 spiro atoms. The average Bonchev–Trinajstić information content (AvgIpc) is 2.95. The van der Waals surface area contributed by atoms with Gasteiger partial charge in [-0.3, -0.25) is 9.78 Å². The fraction of sp³-hybridized carbons (Fsp3) is 0.526. The second-order valence-corrected chi connectivity index (χ2v) is 7.80. The molecule has 0 bridgehead atoms. The Labute approximate surface area is 147 Å².